The highest BCUT2D eigenvalue weighted by Gasteiger charge is 2.20. The zero-order valence-corrected chi connectivity index (χ0v) is 12.9. The van der Waals surface area contributed by atoms with Gasteiger partial charge in [-0.2, -0.15) is 0 Å². The van der Waals surface area contributed by atoms with Crippen LogP contribution in [-0.2, 0) is 0 Å². The third-order valence-electron chi connectivity index (χ3n) is 3.62. The van der Waals surface area contributed by atoms with Crippen molar-refractivity contribution in [3.8, 4) is 5.75 Å². The van der Waals surface area contributed by atoms with Gasteiger partial charge in [-0.1, -0.05) is 12.6 Å². The summed E-state index contributed by atoms with van der Waals surface area (Å²) in [7, 11) is 2.12. The van der Waals surface area contributed by atoms with Gasteiger partial charge in [0.05, 0.1) is 0 Å². The smallest absolute Gasteiger partial charge is 0.251 e. The van der Waals surface area contributed by atoms with E-state index in [4.69, 9.17) is 4.74 Å². The summed E-state index contributed by atoms with van der Waals surface area (Å²) < 4.78 is 5.56. The summed E-state index contributed by atoms with van der Waals surface area (Å²) in [6.45, 7) is 9.09. The van der Waals surface area contributed by atoms with Gasteiger partial charge in [0.25, 0.3) is 5.91 Å². The van der Waals surface area contributed by atoms with Crippen molar-refractivity contribution in [3.05, 3.63) is 42.0 Å². The minimum absolute atomic E-state index is 0.0367. The predicted octanol–water partition coefficient (Wildman–Crippen LogP) is 2.32. The molecule has 0 saturated carbocycles. The average molecular weight is 288 g/mol. The van der Waals surface area contributed by atoms with Crippen LogP contribution < -0.4 is 10.1 Å². The molecule has 0 spiro atoms. The van der Waals surface area contributed by atoms with Crippen LogP contribution >= 0.6 is 0 Å². The van der Waals surface area contributed by atoms with E-state index in [1.54, 1.807) is 6.07 Å². The van der Waals surface area contributed by atoms with Crippen LogP contribution in [0.15, 0.2) is 36.4 Å². The molecule has 1 fully saturated rings. The van der Waals surface area contributed by atoms with E-state index in [1.807, 2.05) is 25.1 Å². The standard InChI is InChI=1S/C17H24N2O2/c1-13(2)12-21-16-6-4-5-15(9-16)17(20)18-10-14-7-8-19(3)11-14/h4-6,9,14H,1,7-8,10-12H2,2-3H3,(H,18,20). The first-order chi connectivity index (χ1) is 10.0. The molecule has 1 amide bonds. The molecule has 0 aliphatic carbocycles. The number of amides is 1. The number of rotatable bonds is 6. The largest absolute Gasteiger partial charge is 0.489 e. The molecule has 0 aromatic heterocycles. The minimum Gasteiger partial charge on any atom is -0.489 e. The minimum atomic E-state index is -0.0367. The lowest BCUT2D eigenvalue weighted by molar-refractivity contribution is 0.0947. The quantitative estimate of drug-likeness (QED) is 0.817. The molecule has 1 N–H and O–H groups in total. The molecule has 4 heteroatoms. The molecular weight excluding hydrogens is 264 g/mol. The number of benzene rings is 1. The average Bonchev–Trinajstić information content (AvgIpc) is 2.88. The van der Waals surface area contributed by atoms with Gasteiger partial charge in [0, 0.05) is 18.7 Å². The summed E-state index contributed by atoms with van der Waals surface area (Å²) in [6.07, 6.45) is 1.15. The predicted molar refractivity (Wildman–Crippen MR) is 84.7 cm³/mol. The summed E-state index contributed by atoms with van der Waals surface area (Å²) >= 11 is 0. The van der Waals surface area contributed by atoms with Gasteiger partial charge in [-0.15, -0.1) is 0 Å². The fraction of sp³-hybridized carbons (Fsp3) is 0.471. The van der Waals surface area contributed by atoms with Crippen LogP contribution in [0.25, 0.3) is 0 Å². The molecule has 1 unspecified atom stereocenters. The highest BCUT2D eigenvalue weighted by atomic mass is 16.5. The zero-order chi connectivity index (χ0) is 15.2. The van der Waals surface area contributed by atoms with Gasteiger partial charge in [-0.25, -0.2) is 0 Å². The number of nitrogens with one attached hydrogen (secondary N) is 1. The van der Waals surface area contributed by atoms with Crippen molar-refractivity contribution in [2.24, 2.45) is 5.92 Å². The maximum atomic E-state index is 12.2. The lowest BCUT2D eigenvalue weighted by Gasteiger charge is -2.12. The van der Waals surface area contributed by atoms with Crippen molar-refractivity contribution < 1.29 is 9.53 Å². The summed E-state index contributed by atoms with van der Waals surface area (Å²) in [5, 5.41) is 3.01. The number of ether oxygens (including phenoxy) is 1. The summed E-state index contributed by atoms with van der Waals surface area (Å²) in [4.78, 5) is 14.5. The second kappa shape index (κ2) is 7.27. The highest BCUT2D eigenvalue weighted by Crippen LogP contribution is 2.15. The number of likely N-dealkylation sites (tertiary alicyclic amines) is 1. The SMILES string of the molecule is C=C(C)COc1cccc(C(=O)NCC2CCN(C)C2)c1. The Labute approximate surface area is 126 Å². The van der Waals surface area contributed by atoms with Crippen molar-refractivity contribution in [2.45, 2.75) is 13.3 Å². The lowest BCUT2D eigenvalue weighted by Crippen LogP contribution is -2.30. The molecule has 2 rings (SSSR count). The summed E-state index contributed by atoms with van der Waals surface area (Å²) in [5.74, 6) is 1.22. The fourth-order valence-corrected chi connectivity index (χ4v) is 2.47. The first-order valence-electron chi connectivity index (χ1n) is 7.38. The number of carbonyl (C=O) groups excluding carboxylic acids is 1. The number of nitrogens with zero attached hydrogens (tertiary/aromatic N) is 1. The Morgan fingerprint density at radius 1 is 1.52 bits per heavy atom. The molecular formula is C17H24N2O2. The zero-order valence-electron chi connectivity index (χ0n) is 12.9. The van der Waals surface area contributed by atoms with Gasteiger partial charge in [0.2, 0.25) is 0 Å². The van der Waals surface area contributed by atoms with Crippen LogP contribution in [-0.4, -0.2) is 44.1 Å². The number of hydrogen-bond acceptors (Lipinski definition) is 3. The first kappa shape index (κ1) is 15.6. The van der Waals surface area contributed by atoms with E-state index in [1.165, 1.54) is 0 Å². The summed E-state index contributed by atoms with van der Waals surface area (Å²) in [5.41, 5.74) is 1.59. The van der Waals surface area contributed by atoms with Crippen LogP contribution in [0.2, 0.25) is 0 Å². The molecule has 1 saturated heterocycles. The van der Waals surface area contributed by atoms with Gasteiger partial charge in [0.15, 0.2) is 0 Å². The normalized spacial score (nSPS) is 18.5. The van der Waals surface area contributed by atoms with Crippen molar-refractivity contribution in [2.75, 3.05) is 33.3 Å². The molecule has 1 heterocycles. The Bertz CT molecular complexity index is 513. The van der Waals surface area contributed by atoms with Crippen molar-refractivity contribution in [1.29, 1.82) is 0 Å². The third-order valence-corrected chi connectivity index (χ3v) is 3.62. The van der Waals surface area contributed by atoms with Crippen LogP contribution in [0, 0.1) is 5.92 Å². The van der Waals surface area contributed by atoms with Crippen molar-refractivity contribution >= 4 is 5.91 Å². The van der Waals surface area contributed by atoms with Crippen LogP contribution in [0.1, 0.15) is 23.7 Å². The molecule has 4 nitrogen and oxygen atoms in total. The Kier molecular flexibility index (Phi) is 5.39. The van der Waals surface area contributed by atoms with Crippen molar-refractivity contribution in [1.82, 2.24) is 10.2 Å². The molecule has 1 aliphatic rings. The monoisotopic (exact) mass is 288 g/mol. The third kappa shape index (κ3) is 4.90. The van der Waals surface area contributed by atoms with Crippen LogP contribution in [0.3, 0.4) is 0 Å². The Morgan fingerprint density at radius 3 is 3.00 bits per heavy atom. The molecule has 114 valence electrons. The molecule has 0 bridgehead atoms. The van der Waals surface area contributed by atoms with Gasteiger partial charge in [-0.3, -0.25) is 4.79 Å². The molecule has 0 radical (unpaired) electrons. The van der Waals surface area contributed by atoms with Crippen LogP contribution in [0.5, 0.6) is 5.75 Å². The Morgan fingerprint density at radius 2 is 2.33 bits per heavy atom. The van der Waals surface area contributed by atoms with E-state index in [-0.39, 0.29) is 5.91 Å². The van der Waals surface area contributed by atoms with E-state index in [2.05, 4.69) is 23.8 Å². The molecule has 1 aliphatic heterocycles. The number of carbonyl (C=O) groups is 1. The second-order valence-electron chi connectivity index (χ2n) is 5.90. The van der Waals surface area contributed by atoms with Crippen LogP contribution in [0.4, 0.5) is 0 Å². The van der Waals surface area contributed by atoms with E-state index in [0.29, 0.717) is 23.8 Å². The highest BCUT2D eigenvalue weighted by molar-refractivity contribution is 5.94. The maximum Gasteiger partial charge on any atom is 0.251 e. The van der Waals surface area contributed by atoms with Gasteiger partial charge < -0.3 is 15.0 Å². The molecule has 1 atom stereocenters. The second-order valence-corrected chi connectivity index (χ2v) is 5.90. The van der Waals surface area contributed by atoms with Gasteiger partial charge >= 0.3 is 0 Å². The van der Waals surface area contributed by atoms with E-state index < -0.39 is 0 Å². The topological polar surface area (TPSA) is 41.6 Å². The molecule has 21 heavy (non-hydrogen) atoms. The van der Waals surface area contributed by atoms with E-state index in [9.17, 15) is 4.79 Å². The number of hydrogen-bond donors (Lipinski definition) is 1. The van der Waals surface area contributed by atoms with E-state index in [0.717, 1.165) is 31.6 Å². The molecule has 1 aromatic rings. The fourth-order valence-electron chi connectivity index (χ4n) is 2.47. The van der Waals surface area contributed by atoms with Gasteiger partial charge in [-0.05, 0) is 56.6 Å². The molecule has 1 aromatic carbocycles. The first-order valence-corrected chi connectivity index (χ1v) is 7.38. The van der Waals surface area contributed by atoms with Gasteiger partial charge in [0.1, 0.15) is 12.4 Å². The Balaban J connectivity index is 1.86. The maximum absolute atomic E-state index is 12.2. The summed E-state index contributed by atoms with van der Waals surface area (Å²) in [6, 6.07) is 7.28. The Hall–Kier alpha value is -1.81. The van der Waals surface area contributed by atoms with E-state index >= 15 is 0 Å². The van der Waals surface area contributed by atoms with Crippen molar-refractivity contribution in [3.63, 3.8) is 0 Å². The lowest BCUT2D eigenvalue weighted by atomic mass is 10.1.